The minimum Gasteiger partial charge on any atom is -0.271 e. The van der Waals surface area contributed by atoms with Gasteiger partial charge in [-0.2, -0.15) is 0 Å². The van der Waals surface area contributed by atoms with Crippen molar-refractivity contribution in [3.05, 3.63) is 70.8 Å². The average molecular weight is 288 g/mol. The molecule has 1 atom stereocenters. The summed E-state index contributed by atoms with van der Waals surface area (Å²) in [4.78, 5) is 0. The van der Waals surface area contributed by atoms with Crippen molar-refractivity contribution < 1.29 is 8.78 Å². The lowest BCUT2D eigenvalue weighted by molar-refractivity contribution is 0.419. The monoisotopic (exact) mass is 288 g/mol. The summed E-state index contributed by atoms with van der Waals surface area (Å²) in [5.74, 6) is 5.04. The van der Waals surface area contributed by atoms with Gasteiger partial charge in [0.25, 0.3) is 0 Å². The van der Waals surface area contributed by atoms with Crippen LogP contribution < -0.4 is 11.3 Å². The van der Waals surface area contributed by atoms with Gasteiger partial charge in [-0.15, -0.1) is 0 Å². The van der Waals surface area contributed by atoms with Crippen molar-refractivity contribution >= 4 is 0 Å². The van der Waals surface area contributed by atoms with Crippen molar-refractivity contribution in [2.75, 3.05) is 0 Å². The highest BCUT2D eigenvalue weighted by Crippen LogP contribution is 2.36. The molecule has 0 aliphatic heterocycles. The highest BCUT2D eigenvalue weighted by molar-refractivity contribution is 5.35. The fourth-order valence-corrected chi connectivity index (χ4v) is 2.83. The summed E-state index contributed by atoms with van der Waals surface area (Å²) in [6, 6.07) is 11.1. The van der Waals surface area contributed by atoms with E-state index in [2.05, 4.69) is 17.6 Å². The number of rotatable bonds is 4. The van der Waals surface area contributed by atoms with Crippen LogP contribution in [0.1, 0.15) is 47.9 Å². The normalized spacial score (nSPS) is 16.5. The molecular formula is C17H18F2N2. The Morgan fingerprint density at radius 3 is 2.05 bits per heavy atom. The van der Waals surface area contributed by atoms with Crippen LogP contribution in [0.4, 0.5) is 8.78 Å². The predicted molar refractivity (Wildman–Crippen MR) is 78.6 cm³/mol. The molecule has 2 aromatic carbocycles. The van der Waals surface area contributed by atoms with Gasteiger partial charge in [0, 0.05) is 6.07 Å². The molecule has 1 fully saturated rings. The summed E-state index contributed by atoms with van der Waals surface area (Å²) in [7, 11) is 0. The lowest BCUT2D eigenvalue weighted by Gasteiger charge is -2.26. The zero-order valence-electron chi connectivity index (χ0n) is 11.7. The van der Waals surface area contributed by atoms with E-state index in [0.29, 0.717) is 11.5 Å². The largest absolute Gasteiger partial charge is 0.271 e. The Bertz CT molecular complexity index is 601. The number of nitrogens with two attached hydrogens (primary N) is 1. The Kier molecular flexibility index (Phi) is 3.99. The van der Waals surface area contributed by atoms with Gasteiger partial charge in [-0.1, -0.05) is 30.7 Å². The predicted octanol–water partition coefficient (Wildman–Crippen LogP) is 3.79. The lowest BCUT2D eigenvalue weighted by atomic mass is 9.79. The van der Waals surface area contributed by atoms with E-state index >= 15 is 0 Å². The fourth-order valence-electron chi connectivity index (χ4n) is 2.83. The fraction of sp³-hybridized carbons (Fsp3) is 0.294. The van der Waals surface area contributed by atoms with E-state index in [4.69, 9.17) is 5.84 Å². The highest BCUT2D eigenvalue weighted by Gasteiger charge is 2.20. The Morgan fingerprint density at radius 1 is 0.952 bits per heavy atom. The highest BCUT2D eigenvalue weighted by atomic mass is 19.1. The van der Waals surface area contributed by atoms with Crippen molar-refractivity contribution in [3.63, 3.8) is 0 Å². The van der Waals surface area contributed by atoms with Crippen LogP contribution in [0.5, 0.6) is 0 Å². The number of hydrogen-bond donors (Lipinski definition) is 2. The van der Waals surface area contributed by atoms with Crippen LogP contribution in [0.25, 0.3) is 0 Å². The molecule has 0 spiro atoms. The number of nitrogens with one attached hydrogen (secondary N) is 1. The van der Waals surface area contributed by atoms with E-state index < -0.39 is 17.7 Å². The summed E-state index contributed by atoms with van der Waals surface area (Å²) in [5.41, 5.74) is 5.33. The summed E-state index contributed by atoms with van der Waals surface area (Å²) < 4.78 is 26.7. The van der Waals surface area contributed by atoms with Gasteiger partial charge in [0.2, 0.25) is 0 Å². The molecule has 1 unspecified atom stereocenters. The molecule has 0 bridgehead atoms. The molecule has 0 radical (unpaired) electrons. The van der Waals surface area contributed by atoms with Gasteiger partial charge in [-0.05, 0) is 47.6 Å². The molecule has 1 aliphatic rings. The minimum absolute atomic E-state index is 0.425. The maximum atomic E-state index is 13.4. The number of benzene rings is 2. The molecule has 2 aromatic rings. The summed E-state index contributed by atoms with van der Waals surface area (Å²) >= 11 is 0. The first-order chi connectivity index (χ1) is 10.2. The first-order valence-corrected chi connectivity index (χ1v) is 7.19. The van der Waals surface area contributed by atoms with Gasteiger partial charge in [0.05, 0.1) is 6.04 Å². The Morgan fingerprint density at radius 2 is 1.57 bits per heavy atom. The standard InChI is InChI=1S/C17H18F2N2/c18-15-8-14(9-16(19)10-15)17(21-20)13-6-4-12(5-7-13)11-2-1-3-11/h4-11,17,21H,1-3,20H2. The average Bonchev–Trinajstić information content (AvgIpc) is 2.38. The Balaban J connectivity index is 1.88. The maximum Gasteiger partial charge on any atom is 0.126 e. The van der Waals surface area contributed by atoms with Crippen molar-refractivity contribution in [3.8, 4) is 0 Å². The SMILES string of the molecule is NNC(c1ccc(C2CCC2)cc1)c1cc(F)cc(F)c1. The van der Waals surface area contributed by atoms with Gasteiger partial charge >= 0.3 is 0 Å². The van der Waals surface area contributed by atoms with E-state index in [-0.39, 0.29) is 0 Å². The number of halogens is 2. The molecule has 21 heavy (non-hydrogen) atoms. The smallest absolute Gasteiger partial charge is 0.126 e. The molecule has 0 saturated heterocycles. The molecule has 2 nitrogen and oxygen atoms in total. The third kappa shape index (κ3) is 2.96. The lowest BCUT2D eigenvalue weighted by Crippen LogP contribution is -2.29. The molecule has 0 aromatic heterocycles. The Labute approximate surface area is 122 Å². The second-order valence-corrected chi connectivity index (χ2v) is 5.60. The van der Waals surface area contributed by atoms with E-state index in [1.807, 2.05) is 12.1 Å². The molecule has 3 rings (SSSR count). The topological polar surface area (TPSA) is 38.0 Å². The van der Waals surface area contributed by atoms with Crippen LogP contribution >= 0.6 is 0 Å². The molecule has 0 heterocycles. The molecular weight excluding hydrogens is 270 g/mol. The molecule has 110 valence electrons. The second kappa shape index (κ2) is 5.92. The third-order valence-corrected chi connectivity index (χ3v) is 4.23. The minimum atomic E-state index is -0.601. The first-order valence-electron chi connectivity index (χ1n) is 7.19. The van der Waals surface area contributed by atoms with E-state index in [0.717, 1.165) is 11.6 Å². The van der Waals surface area contributed by atoms with Crippen molar-refractivity contribution in [1.82, 2.24) is 5.43 Å². The van der Waals surface area contributed by atoms with Crippen molar-refractivity contribution in [2.24, 2.45) is 5.84 Å². The zero-order valence-corrected chi connectivity index (χ0v) is 11.7. The Hall–Kier alpha value is -1.78. The summed E-state index contributed by atoms with van der Waals surface area (Å²) in [6.07, 6.45) is 3.78. The molecule has 1 aliphatic carbocycles. The third-order valence-electron chi connectivity index (χ3n) is 4.23. The van der Waals surface area contributed by atoms with Crippen LogP contribution in [-0.2, 0) is 0 Å². The van der Waals surface area contributed by atoms with E-state index in [9.17, 15) is 8.78 Å². The van der Waals surface area contributed by atoms with Crippen LogP contribution in [0.2, 0.25) is 0 Å². The van der Waals surface area contributed by atoms with Gasteiger partial charge in [0.1, 0.15) is 11.6 Å². The van der Waals surface area contributed by atoms with Gasteiger partial charge in [-0.3, -0.25) is 5.84 Å². The van der Waals surface area contributed by atoms with Crippen molar-refractivity contribution in [2.45, 2.75) is 31.2 Å². The van der Waals surface area contributed by atoms with Gasteiger partial charge in [-0.25, -0.2) is 14.2 Å². The maximum absolute atomic E-state index is 13.4. The van der Waals surface area contributed by atoms with Crippen molar-refractivity contribution in [1.29, 1.82) is 0 Å². The molecule has 0 amide bonds. The zero-order chi connectivity index (χ0) is 14.8. The molecule has 4 heteroatoms. The molecule has 1 saturated carbocycles. The number of hydrogen-bond acceptors (Lipinski definition) is 2. The summed E-state index contributed by atoms with van der Waals surface area (Å²) in [6.45, 7) is 0. The van der Waals surface area contributed by atoms with E-state index in [1.54, 1.807) is 0 Å². The van der Waals surface area contributed by atoms with Crippen LogP contribution in [0, 0.1) is 11.6 Å². The number of hydrazine groups is 1. The van der Waals surface area contributed by atoms with Crippen LogP contribution in [0.3, 0.4) is 0 Å². The van der Waals surface area contributed by atoms with Crippen LogP contribution in [-0.4, -0.2) is 0 Å². The molecule has 3 N–H and O–H groups in total. The van der Waals surface area contributed by atoms with Gasteiger partial charge in [0.15, 0.2) is 0 Å². The first kappa shape index (κ1) is 14.2. The summed E-state index contributed by atoms with van der Waals surface area (Å²) in [5, 5.41) is 0. The second-order valence-electron chi connectivity index (χ2n) is 5.60. The van der Waals surface area contributed by atoms with E-state index in [1.165, 1.54) is 37.0 Å². The van der Waals surface area contributed by atoms with Crippen LogP contribution in [0.15, 0.2) is 42.5 Å². The quantitative estimate of drug-likeness (QED) is 0.663. The van der Waals surface area contributed by atoms with Gasteiger partial charge < -0.3 is 0 Å².